The van der Waals surface area contributed by atoms with Crippen LogP contribution in [0.2, 0.25) is 0 Å². The lowest BCUT2D eigenvalue weighted by Gasteiger charge is -2.26. The van der Waals surface area contributed by atoms with Crippen molar-refractivity contribution < 1.29 is 38.7 Å². The van der Waals surface area contributed by atoms with Gasteiger partial charge in [0, 0.05) is 31.3 Å². The number of methoxy groups -OCH3 is 1. The van der Waals surface area contributed by atoms with Crippen molar-refractivity contribution in [3.05, 3.63) is 48.1 Å². The molecular formula is C32H50O8. The second kappa shape index (κ2) is 16.2. The predicted octanol–water partition coefficient (Wildman–Crippen LogP) is 4.84. The summed E-state index contributed by atoms with van der Waals surface area (Å²) in [5.74, 6) is -1.01. The van der Waals surface area contributed by atoms with Crippen LogP contribution in [-0.4, -0.2) is 72.0 Å². The van der Waals surface area contributed by atoms with E-state index in [0.717, 1.165) is 12.0 Å². The molecule has 2 aliphatic heterocycles. The Hall–Kier alpha value is -2.26. The van der Waals surface area contributed by atoms with Gasteiger partial charge in [-0.1, -0.05) is 65.5 Å². The Morgan fingerprint density at radius 3 is 2.58 bits per heavy atom. The van der Waals surface area contributed by atoms with Crippen LogP contribution in [0, 0.1) is 17.8 Å². The zero-order chi connectivity index (χ0) is 30.0. The summed E-state index contributed by atoms with van der Waals surface area (Å²) >= 11 is 0. The van der Waals surface area contributed by atoms with E-state index in [-0.39, 0.29) is 54.9 Å². The van der Waals surface area contributed by atoms with E-state index >= 15 is 0 Å². The number of carbonyl (C=O) groups excluding carboxylic acids is 2. The molecule has 2 N–H and O–H groups in total. The van der Waals surface area contributed by atoms with Gasteiger partial charge in [0.15, 0.2) is 0 Å². The highest BCUT2D eigenvalue weighted by Crippen LogP contribution is 2.37. The fraction of sp³-hybridized carbons (Fsp3) is 0.688. The number of esters is 2. The minimum atomic E-state index is -0.884. The Balaban J connectivity index is 2.14. The molecule has 8 nitrogen and oxygen atoms in total. The van der Waals surface area contributed by atoms with Crippen LogP contribution in [0.3, 0.4) is 0 Å². The average Bonchev–Trinajstić information content (AvgIpc) is 3.72. The van der Waals surface area contributed by atoms with Gasteiger partial charge in [-0.15, -0.1) is 0 Å². The molecule has 2 aliphatic rings. The molecule has 0 aromatic heterocycles. The zero-order valence-corrected chi connectivity index (χ0v) is 25.2. The Kier molecular flexibility index (Phi) is 13.8. The van der Waals surface area contributed by atoms with E-state index in [1.807, 2.05) is 45.1 Å². The fourth-order valence-corrected chi connectivity index (χ4v) is 5.14. The number of hydrogen-bond donors (Lipinski definition) is 2. The lowest BCUT2D eigenvalue weighted by atomic mass is 9.91. The summed E-state index contributed by atoms with van der Waals surface area (Å²) in [5.41, 5.74) is 1.47. The Bertz CT molecular complexity index is 933. The molecule has 226 valence electrons. The first-order valence-electron chi connectivity index (χ1n) is 14.6. The molecular weight excluding hydrogens is 512 g/mol. The number of aliphatic hydroxyl groups is 2. The highest BCUT2D eigenvalue weighted by molar-refractivity contribution is 5.70. The molecule has 0 bridgehead atoms. The van der Waals surface area contributed by atoms with Crippen LogP contribution in [0.25, 0.3) is 0 Å². The molecule has 2 rings (SSSR count). The molecule has 2 heterocycles. The molecule has 0 aliphatic carbocycles. The van der Waals surface area contributed by atoms with Gasteiger partial charge < -0.3 is 29.2 Å². The summed E-state index contributed by atoms with van der Waals surface area (Å²) in [6, 6.07) is 0. The maximum Gasteiger partial charge on any atom is 0.309 e. The highest BCUT2D eigenvalue weighted by Gasteiger charge is 2.50. The van der Waals surface area contributed by atoms with Gasteiger partial charge in [-0.2, -0.15) is 0 Å². The zero-order valence-electron chi connectivity index (χ0n) is 25.2. The molecule has 0 saturated carbocycles. The summed E-state index contributed by atoms with van der Waals surface area (Å²) in [7, 11) is 1.70. The van der Waals surface area contributed by atoms with E-state index in [4.69, 9.17) is 18.9 Å². The number of rotatable bonds is 11. The predicted molar refractivity (Wildman–Crippen MR) is 154 cm³/mol. The van der Waals surface area contributed by atoms with E-state index in [1.54, 1.807) is 20.1 Å². The van der Waals surface area contributed by atoms with E-state index in [9.17, 15) is 19.8 Å². The number of aliphatic hydroxyl groups excluding tert-OH is 2. The summed E-state index contributed by atoms with van der Waals surface area (Å²) in [6.07, 6.45) is 8.13. The molecule has 1 fully saturated rings. The number of ether oxygens (including phenoxy) is 4. The molecule has 0 aromatic carbocycles. The second-order valence-electron chi connectivity index (χ2n) is 11.2. The van der Waals surface area contributed by atoms with E-state index < -0.39 is 30.4 Å². The van der Waals surface area contributed by atoms with E-state index in [1.165, 1.54) is 0 Å². The normalized spacial score (nSPS) is 32.3. The highest BCUT2D eigenvalue weighted by atomic mass is 16.6. The third-order valence-electron chi connectivity index (χ3n) is 7.94. The van der Waals surface area contributed by atoms with Crippen molar-refractivity contribution in [2.45, 2.75) is 116 Å². The van der Waals surface area contributed by atoms with Crippen molar-refractivity contribution in [2.24, 2.45) is 17.8 Å². The third kappa shape index (κ3) is 9.98. The maximum atomic E-state index is 12.6. The van der Waals surface area contributed by atoms with Crippen LogP contribution < -0.4 is 0 Å². The molecule has 40 heavy (non-hydrogen) atoms. The molecule has 1 saturated heterocycles. The first kappa shape index (κ1) is 33.9. The van der Waals surface area contributed by atoms with E-state index in [2.05, 4.69) is 20.4 Å². The monoisotopic (exact) mass is 562 g/mol. The Morgan fingerprint density at radius 1 is 1.25 bits per heavy atom. The lowest BCUT2D eigenvalue weighted by Crippen LogP contribution is -2.30. The van der Waals surface area contributed by atoms with Crippen molar-refractivity contribution in [3.63, 3.8) is 0 Å². The molecule has 8 heteroatoms. The summed E-state index contributed by atoms with van der Waals surface area (Å²) in [4.78, 5) is 24.6. The number of carbonyl (C=O) groups is 2. The van der Waals surface area contributed by atoms with Gasteiger partial charge in [-0.05, 0) is 43.4 Å². The smallest absolute Gasteiger partial charge is 0.309 e. The van der Waals surface area contributed by atoms with Crippen LogP contribution in [-0.2, 0) is 28.5 Å². The average molecular weight is 563 g/mol. The van der Waals surface area contributed by atoms with Gasteiger partial charge in [0.25, 0.3) is 0 Å². The Morgan fingerprint density at radius 2 is 1.95 bits per heavy atom. The van der Waals surface area contributed by atoms with Crippen LogP contribution >= 0.6 is 0 Å². The molecule has 10 unspecified atom stereocenters. The van der Waals surface area contributed by atoms with Crippen LogP contribution in [0.4, 0.5) is 0 Å². The topological polar surface area (TPSA) is 115 Å². The summed E-state index contributed by atoms with van der Waals surface area (Å²) in [5, 5.41) is 21.2. The van der Waals surface area contributed by atoms with Gasteiger partial charge in [0.2, 0.25) is 0 Å². The van der Waals surface area contributed by atoms with Crippen LogP contribution in [0.1, 0.15) is 73.6 Å². The molecule has 0 spiro atoms. The fourth-order valence-electron chi connectivity index (χ4n) is 5.14. The number of cyclic esters (lactones) is 1. The van der Waals surface area contributed by atoms with Crippen molar-refractivity contribution >= 4 is 11.9 Å². The van der Waals surface area contributed by atoms with Crippen molar-refractivity contribution in [1.82, 2.24) is 0 Å². The first-order chi connectivity index (χ1) is 18.9. The first-order valence-corrected chi connectivity index (χ1v) is 14.6. The van der Waals surface area contributed by atoms with Crippen LogP contribution in [0.15, 0.2) is 48.1 Å². The van der Waals surface area contributed by atoms with Crippen molar-refractivity contribution in [3.8, 4) is 0 Å². The van der Waals surface area contributed by atoms with Crippen LogP contribution in [0.5, 0.6) is 0 Å². The van der Waals surface area contributed by atoms with Gasteiger partial charge in [-0.25, -0.2) is 0 Å². The molecule has 0 aromatic rings. The minimum absolute atomic E-state index is 0.0249. The van der Waals surface area contributed by atoms with Gasteiger partial charge in [-0.3, -0.25) is 9.59 Å². The van der Waals surface area contributed by atoms with E-state index in [0.29, 0.717) is 18.4 Å². The quantitative estimate of drug-likeness (QED) is 0.159. The van der Waals surface area contributed by atoms with Crippen molar-refractivity contribution in [2.75, 3.05) is 7.11 Å². The molecule has 0 amide bonds. The SMILES string of the molecule is C=C1CCC(O)CC(=O)OC(/C(C)=C/C=C/C(C)C(O)C2OC2C(C)C(CC)OC)C(C)/C=C/C1OC(=O)CC. The lowest BCUT2D eigenvalue weighted by molar-refractivity contribution is -0.151. The summed E-state index contributed by atoms with van der Waals surface area (Å²) in [6.45, 7) is 15.7. The van der Waals surface area contributed by atoms with Gasteiger partial charge in [0.1, 0.15) is 18.3 Å². The molecule has 10 atom stereocenters. The number of epoxide rings is 1. The molecule has 0 radical (unpaired) electrons. The third-order valence-corrected chi connectivity index (χ3v) is 7.94. The Labute approximate surface area is 240 Å². The van der Waals surface area contributed by atoms with Gasteiger partial charge in [0.05, 0.1) is 30.8 Å². The van der Waals surface area contributed by atoms with Crippen molar-refractivity contribution in [1.29, 1.82) is 0 Å². The largest absolute Gasteiger partial charge is 0.457 e. The number of allylic oxidation sites excluding steroid dienone is 2. The van der Waals surface area contributed by atoms with Gasteiger partial charge >= 0.3 is 11.9 Å². The second-order valence-corrected chi connectivity index (χ2v) is 11.2. The number of hydrogen-bond acceptors (Lipinski definition) is 8. The standard InChI is InChI=1S/C32H50O8/c1-9-25(37-8)23(7)31-32(40-31)29(36)20(4)12-11-13-21(5)30-22(6)15-17-26(38-27(34)10-2)19(3)14-16-24(33)18-28(35)39-30/h11-13,15,17,20,22-26,29-33,36H,3,9-10,14,16,18H2,1-2,4-8H3/b12-11+,17-15+,21-13+. The maximum absolute atomic E-state index is 12.6. The minimum Gasteiger partial charge on any atom is -0.457 e. The summed E-state index contributed by atoms with van der Waals surface area (Å²) < 4.78 is 22.7.